The maximum Gasteiger partial charge on any atom is 0.373 e. The number of carbonyl (C=O) groups is 9. The van der Waals surface area contributed by atoms with Gasteiger partial charge in [-0.25, -0.2) is 53.3 Å². The van der Waals surface area contributed by atoms with Gasteiger partial charge >= 0.3 is 53.9 Å². The van der Waals surface area contributed by atoms with Gasteiger partial charge in [-0.1, -0.05) is 226 Å². The van der Waals surface area contributed by atoms with Gasteiger partial charge in [0.15, 0.2) is 22.4 Å². The van der Waals surface area contributed by atoms with E-state index in [1.165, 1.54) is 71.0 Å². The third kappa shape index (κ3) is 26.5. The summed E-state index contributed by atoms with van der Waals surface area (Å²) in [5.74, 6) is -4.33. The highest BCUT2D eigenvalue weighted by molar-refractivity contribution is 6.46. The Hall–Kier alpha value is -14.5. The maximum absolute atomic E-state index is 12.4. The van der Waals surface area contributed by atoms with E-state index >= 15 is 0 Å². The Bertz CT molecular complexity index is 6090. The second kappa shape index (κ2) is 46.7. The normalized spacial score (nSPS) is 13.9. The molecular weight excluding hydrogens is 1680 g/mol. The van der Waals surface area contributed by atoms with Gasteiger partial charge in [0.2, 0.25) is 5.89 Å². The van der Waals surface area contributed by atoms with Crippen LogP contribution in [0.5, 0.6) is 5.75 Å². The number of rotatable bonds is 15. The highest BCUT2D eigenvalue weighted by Gasteiger charge is 2.35. The smallest absolute Gasteiger partial charge is 0.373 e. The van der Waals surface area contributed by atoms with Gasteiger partial charge in [-0.05, 0) is 198 Å². The number of Topliss-reactive ketones (excluding diaryl/α,β-unsaturated/α-hetero) is 1. The summed E-state index contributed by atoms with van der Waals surface area (Å²) < 4.78 is 16.9. The number of fused-ring (bicyclic) bond motifs is 3. The number of halogens is 3. The molecule has 0 bridgehead atoms. The Labute approximate surface area is 738 Å². The molecule has 0 saturated heterocycles. The molecule has 3 atom stereocenters. The molecule has 0 spiro atoms. The van der Waals surface area contributed by atoms with Crippen LogP contribution < -0.4 is 10.5 Å². The largest absolute Gasteiger partial charge is 0.489 e. The van der Waals surface area contributed by atoms with Crippen molar-refractivity contribution in [1.29, 1.82) is 0 Å². The van der Waals surface area contributed by atoms with Crippen LogP contribution in [0.3, 0.4) is 0 Å². The van der Waals surface area contributed by atoms with Gasteiger partial charge in [0.1, 0.15) is 29.2 Å². The minimum atomic E-state index is -1.31. The Morgan fingerprint density at radius 2 is 1.05 bits per heavy atom. The maximum atomic E-state index is 12.4. The number of nitrogens with two attached hydrogens (primary N) is 1. The predicted molar refractivity (Wildman–Crippen MR) is 474 cm³/mol. The molecule has 126 heavy (non-hydrogen) atoms. The van der Waals surface area contributed by atoms with Crippen LogP contribution in [0.4, 0.5) is 5.69 Å². The zero-order valence-electron chi connectivity index (χ0n) is 68.4. The summed E-state index contributed by atoms with van der Waals surface area (Å²) in [4.78, 5) is 127. The summed E-state index contributed by atoms with van der Waals surface area (Å²) in [6.45, 7) is 6.94. The molecule has 1 saturated carbocycles. The number of oxazole rings is 1. The summed E-state index contributed by atoms with van der Waals surface area (Å²) >= 11 is 16.6. The molecule has 3 aromatic heterocycles. The first-order valence-corrected chi connectivity index (χ1v) is 40.8. The van der Waals surface area contributed by atoms with Crippen LogP contribution in [0.25, 0.3) is 44.3 Å². The van der Waals surface area contributed by atoms with Gasteiger partial charge in [0, 0.05) is 29.1 Å². The summed E-state index contributed by atoms with van der Waals surface area (Å²) in [7, 11) is 0. The molecule has 0 aliphatic heterocycles. The minimum absolute atomic E-state index is 0.00236. The second-order valence-corrected chi connectivity index (χ2v) is 30.5. The lowest BCUT2D eigenvalue weighted by atomic mass is 9.75. The number of carbonyl (C=O) groups excluding carboxylic acids is 4. The third-order valence-electron chi connectivity index (χ3n) is 20.7. The molecule has 4 aliphatic rings. The van der Waals surface area contributed by atoms with Crippen molar-refractivity contribution in [2.24, 2.45) is 17.8 Å². The molecule has 10 aromatic carbocycles. The van der Waals surface area contributed by atoms with E-state index in [0.717, 1.165) is 89.6 Å². The standard InChI is InChI=1S/C18H24O4.C16H11NO3.C14H12O3.C13H10O2.C11H12O2.C10H7NO2.C9H8O.C6H3Cl3N2O2.CO2/c1-11(2)13-9-8-12(3)10-16(13)22-18(21)15-7-5-4-6-14(15)17(19)20;18-16(19)13-9-5-4-8-12(13)15-17-10-14(20-15)11-6-2-1-3-7-11;15-14(16)12-6-8-13(9-7-12)17-10-11-4-2-1-3-5-11;14-13(15)11-7-6-9-5-4-8-2-1-3-10(11)12(8)9;12-11(13)10-6-5-8-3-1-2-4-9(8)7-10;12-10(13)9-5-7-3-1-2-4-8(7)6-11-9;10-9-6-5-7-3-1-2-4-8(7)9;7-1-3(10)2(8)5(9)11-4(1)6(12)13;2-1-3/h4-7,11-13,16H,8-10H2,1-3H3,(H,19,20);1-10H,(H,18,19);1-9H,10H2,(H,15,16);1-3,6-7H,4-5H2,(H,14,15);5-7H,1-4H2,(H,12,13);1-6H,(H,12,13);1-4H,5-6H2;(H2,10,11)(H,12,13);/t12-,13+,16-;;;;;;;;/m1......../s1. The van der Waals surface area contributed by atoms with Crippen molar-refractivity contribution in [3.8, 4) is 28.5 Å². The number of carboxylic acids is 7. The molecule has 0 radical (unpaired) electrons. The lowest BCUT2D eigenvalue weighted by Gasteiger charge is -2.36. The van der Waals surface area contributed by atoms with Gasteiger partial charge in [-0.2, -0.15) is 9.59 Å². The number of aromatic nitrogens is 3. The molecule has 0 amide bonds. The first-order chi connectivity index (χ1) is 60.5. The van der Waals surface area contributed by atoms with Gasteiger partial charge in [0.05, 0.1) is 55.9 Å². The van der Waals surface area contributed by atoms with E-state index in [9.17, 15) is 53.4 Å². The first-order valence-electron chi connectivity index (χ1n) is 39.7. The summed E-state index contributed by atoms with van der Waals surface area (Å²) in [5.41, 5.74) is 16.1. The monoisotopic (exact) mass is 1760 g/mol. The number of esters is 1. The zero-order valence-corrected chi connectivity index (χ0v) is 70.6. The van der Waals surface area contributed by atoms with Crippen LogP contribution in [0.1, 0.15) is 186 Å². The SMILES string of the molecule is CC(C)[C@@H]1CC[C@@H](C)C[C@H]1OC(=O)c1ccccc1C(=O)O.Nc1c(Cl)c(Cl)nc(C(=O)O)c1Cl.O=C(O)c1cc2ccccc2cn1.O=C(O)c1ccc(OCc2ccccc2)cc1.O=C(O)c1ccc2c(c1)CCCC2.O=C(O)c1ccc2c3c(cccc13)CC2.O=C(O)c1ccccc1-c1ncc(-c2ccccc2)o1.O=C1CCc2ccccc21.O=C=O. The Balaban J connectivity index is 0.000000164. The van der Waals surface area contributed by atoms with E-state index in [0.29, 0.717) is 70.7 Å². The van der Waals surface area contributed by atoms with E-state index in [-0.39, 0.29) is 61.1 Å². The molecule has 13 aromatic rings. The number of nitrogens with zero attached hydrogens (tertiary/aromatic N) is 3. The number of aromatic carboxylic acids is 7. The van der Waals surface area contributed by atoms with E-state index in [1.807, 2.05) is 140 Å². The number of benzene rings is 10. The molecule has 4 aliphatic carbocycles. The fourth-order valence-electron chi connectivity index (χ4n) is 14.3. The highest BCUT2D eigenvalue weighted by atomic mass is 35.5. The van der Waals surface area contributed by atoms with E-state index < -0.39 is 53.4 Å². The predicted octanol–water partition coefficient (Wildman–Crippen LogP) is 21.1. The third-order valence-corrected chi connectivity index (χ3v) is 21.8. The number of hydrogen-bond acceptors (Lipinski definition) is 18. The van der Waals surface area contributed by atoms with Crippen LogP contribution >= 0.6 is 34.8 Å². The number of pyridine rings is 2. The number of ketones is 1. The molecule has 9 N–H and O–H groups in total. The number of nitrogen functional groups attached to an aromatic ring is 1. The zero-order chi connectivity index (χ0) is 91.1. The lowest BCUT2D eigenvalue weighted by Crippen LogP contribution is -2.36. The molecule has 17 rings (SSSR count). The van der Waals surface area contributed by atoms with Crippen LogP contribution in [-0.4, -0.2) is 116 Å². The fourth-order valence-corrected chi connectivity index (χ4v) is 14.9. The van der Waals surface area contributed by atoms with Crippen molar-refractivity contribution in [1.82, 2.24) is 15.0 Å². The van der Waals surface area contributed by atoms with Gasteiger partial charge in [0.25, 0.3) is 0 Å². The van der Waals surface area contributed by atoms with E-state index in [2.05, 4.69) is 41.8 Å². The van der Waals surface area contributed by atoms with Crippen molar-refractivity contribution in [3.05, 3.63) is 348 Å². The Kier molecular flexibility index (Phi) is 35.3. The Morgan fingerprint density at radius 1 is 0.500 bits per heavy atom. The summed E-state index contributed by atoms with van der Waals surface area (Å²) in [5, 5.41) is 65.7. The van der Waals surface area contributed by atoms with Gasteiger partial charge in [-0.15, -0.1) is 0 Å². The molecular formula is C98H87Cl3N4O21. The topological polar surface area (TPSA) is 426 Å². The van der Waals surface area contributed by atoms with E-state index in [1.54, 1.807) is 73.1 Å². The summed E-state index contributed by atoms with van der Waals surface area (Å²) in [6.07, 6.45) is 14.6. The van der Waals surface area contributed by atoms with Crippen molar-refractivity contribution < 1.29 is 102 Å². The number of hydrogen-bond donors (Lipinski definition) is 8. The fraction of sp³-hybridized carbons (Fsp3) is 0.194. The molecule has 0 unspecified atom stereocenters. The number of carboxylic acid groups (broad SMARTS) is 7. The van der Waals surface area contributed by atoms with Crippen LogP contribution in [-0.2, 0) is 53.0 Å². The van der Waals surface area contributed by atoms with Crippen LogP contribution in [0.15, 0.2) is 253 Å². The molecule has 1 fully saturated rings. The average Bonchev–Trinajstić information content (AvgIpc) is 1.60. The molecule has 28 heteroatoms. The number of anilines is 1. The van der Waals surface area contributed by atoms with Crippen molar-refractivity contribution >= 4 is 122 Å². The number of ether oxygens (including phenoxy) is 2. The van der Waals surface area contributed by atoms with Gasteiger partial charge < -0.3 is 55.4 Å². The quantitative estimate of drug-likeness (QED) is 0.0349. The Morgan fingerprint density at radius 3 is 1.67 bits per heavy atom. The van der Waals surface area contributed by atoms with E-state index in [4.69, 9.17) is 89.5 Å². The molecule has 3 heterocycles. The number of aryl methyl sites for hydroxylation is 5. The molecule has 646 valence electrons. The highest BCUT2D eigenvalue weighted by Crippen LogP contribution is 2.38. The minimum Gasteiger partial charge on any atom is -0.489 e. The average molecular weight is 1760 g/mol. The van der Waals surface area contributed by atoms with Crippen molar-refractivity contribution in [2.45, 2.75) is 104 Å². The van der Waals surface area contributed by atoms with Crippen molar-refractivity contribution in [2.75, 3.05) is 5.73 Å². The lowest BCUT2D eigenvalue weighted by molar-refractivity contribution is -0.191. The van der Waals surface area contributed by atoms with Gasteiger partial charge in [-0.3, -0.25) is 4.79 Å². The van der Waals surface area contributed by atoms with Crippen molar-refractivity contribution in [3.63, 3.8) is 0 Å². The summed E-state index contributed by atoms with van der Waals surface area (Å²) in [6, 6.07) is 70.6. The van der Waals surface area contributed by atoms with Crippen LogP contribution in [0.2, 0.25) is 15.2 Å². The molecule has 25 nitrogen and oxygen atoms in total. The van der Waals surface area contributed by atoms with Crippen LogP contribution in [0, 0.1) is 17.8 Å². The second-order valence-electron chi connectivity index (χ2n) is 29.4. The first kappa shape index (κ1) is 95.3.